The zero-order valence-corrected chi connectivity index (χ0v) is 8.05. The fraction of sp³-hybridized carbons (Fsp3) is 0.727. The predicted molar refractivity (Wildman–Crippen MR) is 50.4 cm³/mol. The molecule has 2 atom stereocenters. The number of aliphatic hydroxyl groups excluding tert-OH is 1. The number of ketones is 1. The normalized spacial score (nSPS) is 33.8. The van der Waals surface area contributed by atoms with Crippen molar-refractivity contribution in [3.63, 3.8) is 0 Å². The maximum Gasteiger partial charge on any atom is 0.165 e. The van der Waals surface area contributed by atoms with Crippen LogP contribution in [0.15, 0.2) is 11.3 Å². The van der Waals surface area contributed by atoms with Crippen molar-refractivity contribution in [3.05, 3.63) is 11.3 Å². The van der Waals surface area contributed by atoms with E-state index in [4.69, 9.17) is 0 Å². The largest absolute Gasteiger partial charge is 0.512 e. The van der Waals surface area contributed by atoms with Crippen LogP contribution in [0, 0.1) is 11.8 Å². The third-order valence-electron chi connectivity index (χ3n) is 3.39. The zero-order chi connectivity index (χ0) is 9.42. The van der Waals surface area contributed by atoms with Gasteiger partial charge in [0.1, 0.15) is 5.76 Å². The van der Waals surface area contributed by atoms with Gasteiger partial charge in [-0.1, -0.05) is 13.3 Å². The minimum Gasteiger partial charge on any atom is -0.512 e. The van der Waals surface area contributed by atoms with Gasteiger partial charge >= 0.3 is 0 Å². The molecule has 2 aliphatic carbocycles. The lowest BCUT2D eigenvalue weighted by molar-refractivity contribution is -0.122. The van der Waals surface area contributed by atoms with Crippen molar-refractivity contribution in [2.24, 2.45) is 11.8 Å². The van der Waals surface area contributed by atoms with Crippen molar-refractivity contribution in [2.45, 2.75) is 39.0 Å². The summed E-state index contributed by atoms with van der Waals surface area (Å²) in [5.41, 5.74) is 0.709. The van der Waals surface area contributed by atoms with Gasteiger partial charge in [0.15, 0.2) is 5.78 Å². The molecule has 0 aromatic heterocycles. The summed E-state index contributed by atoms with van der Waals surface area (Å²) in [5, 5.41) is 9.81. The molecule has 0 aromatic rings. The van der Waals surface area contributed by atoms with Crippen LogP contribution in [0.1, 0.15) is 39.0 Å². The molecule has 2 aliphatic rings. The van der Waals surface area contributed by atoms with Crippen molar-refractivity contribution in [1.82, 2.24) is 0 Å². The predicted octanol–water partition coefficient (Wildman–Crippen LogP) is 2.60. The van der Waals surface area contributed by atoms with E-state index in [1.165, 1.54) is 0 Å². The fourth-order valence-corrected chi connectivity index (χ4v) is 2.65. The molecule has 2 rings (SSSR count). The Labute approximate surface area is 78.6 Å². The Morgan fingerprint density at radius 1 is 1.38 bits per heavy atom. The van der Waals surface area contributed by atoms with Gasteiger partial charge in [-0.3, -0.25) is 4.79 Å². The quantitative estimate of drug-likeness (QED) is 0.673. The first-order valence-corrected chi connectivity index (χ1v) is 5.20. The fourth-order valence-electron chi connectivity index (χ4n) is 2.65. The van der Waals surface area contributed by atoms with E-state index in [1.54, 1.807) is 0 Å². The molecule has 0 heterocycles. The molecule has 0 spiro atoms. The van der Waals surface area contributed by atoms with Gasteiger partial charge in [0.25, 0.3) is 0 Å². The lowest BCUT2D eigenvalue weighted by Crippen LogP contribution is -2.31. The number of carbonyl (C=O) groups is 1. The SMILES string of the molecule is CCC1=C(O)C2CCCC(C2)C1=O. The highest BCUT2D eigenvalue weighted by molar-refractivity contribution is 5.98. The van der Waals surface area contributed by atoms with Crippen LogP contribution in [0.25, 0.3) is 0 Å². The Bertz CT molecular complexity index is 265. The molecule has 2 nitrogen and oxygen atoms in total. The van der Waals surface area contributed by atoms with E-state index in [2.05, 4.69) is 0 Å². The van der Waals surface area contributed by atoms with E-state index in [-0.39, 0.29) is 11.7 Å². The minimum atomic E-state index is 0.218. The standard InChI is InChI=1S/C11H16O2/c1-2-9-10(12)7-4-3-5-8(6-7)11(9)13/h7-8,12H,2-6H2,1H3. The van der Waals surface area contributed by atoms with E-state index in [9.17, 15) is 9.90 Å². The summed E-state index contributed by atoms with van der Waals surface area (Å²) in [4.78, 5) is 11.8. The highest BCUT2D eigenvalue weighted by Crippen LogP contribution is 2.40. The first-order valence-electron chi connectivity index (χ1n) is 5.20. The summed E-state index contributed by atoms with van der Waals surface area (Å²) in [7, 11) is 0. The number of allylic oxidation sites excluding steroid dienone is 2. The molecule has 0 aromatic carbocycles. The van der Waals surface area contributed by atoms with E-state index in [0.29, 0.717) is 23.7 Å². The lowest BCUT2D eigenvalue weighted by atomic mass is 9.71. The van der Waals surface area contributed by atoms with Crippen LogP contribution in [-0.2, 0) is 4.79 Å². The molecule has 13 heavy (non-hydrogen) atoms. The summed E-state index contributed by atoms with van der Waals surface area (Å²) >= 11 is 0. The van der Waals surface area contributed by atoms with Crippen LogP contribution in [0.3, 0.4) is 0 Å². The number of aliphatic hydroxyl groups is 1. The minimum absolute atomic E-state index is 0.218. The smallest absolute Gasteiger partial charge is 0.165 e. The maximum absolute atomic E-state index is 11.8. The van der Waals surface area contributed by atoms with Crippen LogP contribution in [-0.4, -0.2) is 10.9 Å². The number of Topliss-reactive ketones (excluding diaryl/α,β-unsaturated/α-hetero) is 1. The highest BCUT2D eigenvalue weighted by Gasteiger charge is 2.37. The highest BCUT2D eigenvalue weighted by atomic mass is 16.3. The average molecular weight is 180 g/mol. The molecule has 72 valence electrons. The van der Waals surface area contributed by atoms with Crippen LogP contribution < -0.4 is 0 Å². The van der Waals surface area contributed by atoms with Crippen LogP contribution >= 0.6 is 0 Å². The van der Waals surface area contributed by atoms with E-state index < -0.39 is 0 Å². The van der Waals surface area contributed by atoms with Gasteiger partial charge in [-0.2, -0.15) is 0 Å². The molecule has 0 radical (unpaired) electrons. The van der Waals surface area contributed by atoms with E-state index in [0.717, 1.165) is 25.7 Å². The molecule has 2 unspecified atom stereocenters. The number of rotatable bonds is 1. The molecular weight excluding hydrogens is 164 g/mol. The topological polar surface area (TPSA) is 37.3 Å². The lowest BCUT2D eigenvalue weighted by Gasteiger charge is -2.33. The van der Waals surface area contributed by atoms with Crippen molar-refractivity contribution in [1.29, 1.82) is 0 Å². The molecular formula is C11H16O2. The summed E-state index contributed by atoms with van der Waals surface area (Å²) in [5.74, 6) is 1.15. The third kappa shape index (κ3) is 1.28. The van der Waals surface area contributed by atoms with Crippen LogP contribution in [0.2, 0.25) is 0 Å². The van der Waals surface area contributed by atoms with E-state index in [1.807, 2.05) is 6.92 Å². The number of carbonyl (C=O) groups excluding carboxylic acids is 1. The zero-order valence-electron chi connectivity index (χ0n) is 8.05. The summed E-state index contributed by atoms with van der Waals surface area (Å²) < 4.78 is 0. The molecule has 2 heteroatoms. The Balaban J connectivity index is 2.36. The molecule has 1 saturated carbocycles. The second kappa shape index (κ2) is 3.17. The van der Waals surface area contributed by atoms with Crippen molar-refractivity contribution < 1.29 is 9.90 Å². The molecule has 2 bridgehead atoms. The first-order chi connectivity index (χ1) is 6.24. The third-order valence-corrected chi connectivity index (χ3v) is 3.39. The van der Waals surface area contributed by atoms with Crippen LogP contribution in [0.5, 0.6) is 0 Å². The number of hydrogen-bond acceptors (Lipinski definition) is 2. The van der Waals surface area contributed by atoms with Gasteiger partial charge < -0.3 is 5.11 Å². The maximum atomic E-state index is 11.8. The van der Waals surface area contributed by atoms with Crippen molar-refractivity contribution in [3.8, 4) is 0 Å². The Kier molecular flexibility index (Phi) is 2.14. The molecule has 0 saturated heterocycles. The summed E-state index contributed by atoms with van der Waals surface area (Å²) in [6.45, 7) is 1.95. The van der Waals surface area contributed by atoms with Gasteiger partial charge in [0.05, 0.1) is 0 Å². The Morgan fingerprint density at radius 2 is 2.08 bits per heavy atom. The summed E-state index contributed by atoms with van der Waals surface area (Å²) in [6, 6.07) is 0. The van der Waals surface area contributed by atoms with Crippen molar-refractivity contribution >= 4 is 5.78 Å². The van der Waals surface area contributed by atoms with E-state index >= 15 is 0 Å². The number of hydrogen-bond donors (Lipinski definition) is 1. The van der Waals surface area contributed by atoms with Gasteiger partial charge in [0, 0.05) is 17.4 Å². The number of fused-ring (bicyclic) bond motifs is 2. The second-order valence-corrected chi connectivity index (χ2v) is 4.14. The Hall–Kier alpha value is -0.790. The second-order valence-electron chi connectivity index (χ2n) is 4.14. The molecule has 0 amide bonds. The Morgan fingerprint density at radius 3 is 2.77 bits per heavy atom. The van der Waals surface area contributed by atoms with Crippen molar-refractivity contribution in [2.75, 3.05) is 0 Å². The molecule has 1 fully saturated rings. The van der Waals surface area contributed by atoms with Gasteiger partial charge in [-0.15, -0.1) is 0 Å². The van der Waals surface area contributed by atoms with Gasteiger partial charge in [-0.25, -0.2) is 0 Å². The summed E-state index contributed by atoms with van der Waals surface area (Å²) in [6.07, 6.45) is 4.79. The monoisotopic (exact) mass is 180 g/mol. The molecule has 1 N–H and O–H groups in total. The van der Waals surface area contributed by atoms with Gasteiger partial charge in [-0.05, 0) is 25.7 Å². The first kappa shape index (κ1) is 8.79. The van der Waals surface area contributed by atoms with Gasteiger partial charge in [0.2, 0.25) is 0 Å². The molecule has 0 aliphatic heterocycles. The average Bonchev–Trinajstić information content (AvgIpc) is 2.17. The van der Waals surface area contributed by atoms with Crippen LogP contribution in [0.4, 0.5) is 0 Å².